The molecule has 2 rings (SSSR count). The van der Waals surface area contributed by atoms with Gasteiger partial charge in [0, 0.05) is 10.0 Å². The van der Waals surface area contributed by atoms with E-state index in [1.165, 1.54) is 0 Å². The molecule has 1 aromatic heterocycles. The van der Waals surface area contributed by atoms with Crippen LogP contribution in [0, 0.1) is 20.8 Å². The lowest BCUT2D eigenvalue weighted by atomic mass is 9.99. The Kier molecular flexibility index (Phi) is 4.26. The second kappa shape index (κ2) is 5.59. The van der Waals surface area contributed by atoms with E-state index in [0.717, 1.165) is 38.4 Å². The van der Waals surface area contributed by atoms with Crippen molar-refractivity contribution >= 4 is 27.5 Å². The minimum atomic E-state index is -0.361. The van der Waals surface area contributed by atoms with Gasteiger partial charge in [-0.25, -0.2) is 0 Å². The third-order valence-corrected chi connectivity index (χ3v) is 4.43. The topological polar surface area (TPSA) is 22.4 Å². The third kappa shape index (κ3) is 2.67. The second-order valence-corrected chi connectivity index (χ2v) is 5.85. The van der Waals surface area contributed by atoms with Gasteiger partial charge in [0.15, 0.2) is 0 Å². The predicted molar refractivity (Wildman–Crippen MR) is 81.3 cm³/mol. The monoisotopic (exact) mass is 342 g/mol. The van der Waals surface area contributed by atoms with Crippen LogP contribution in [-0.2, 0) is 0 Å². The van der Waals surface area contributed by atoms with Crippen LogP contribution in [0.3, 0.4) is 0 Å². The molecule has 1 heterocycles. The van der Waals surface area contributed by atoms with E-state index in [1.807, 2.05) is 39.0 Å². The van der Waals surface area contributed by atoms with Crippen molar-refractivity contribution in [2.45, 2.75) is 26.1 Å². The first-order valence-electron chi connectivity index (χ1n) is 5.99. The number of aryl methyl sites for hydroxylation is 2. The van der Waals surface area contributed by atoms with E-state index in [-0.39, 0.29) is 5.38 Å². The summed E-state index contributed by atoms with van der Waals surface area (Å²) in [7, 11) is 1.66. The lowest BCUT2D eigenvalue weighted by molar-refractivity contribution is 0.403. The van der Waals surface area contributed by atoms with Gasteiger partial charge in [-0.3, -0.25) is 0 Å². The number of halogens is 2. The Balaban J connectivity index is 2.60. The molecule has 0 bridgehead atoms. The normalized spacial score (nSPS) is 12.5. The maximum atomic E-state index is 6.58. The number of hydrogen-bond acceptors (Lipinski definition) is 2. The van der Waals surface area contributed by atoms with E-state index in [1.54, 1.807) is 7.11 Å². The maximum Gasteiger partial charge on any atom is 0.127 e. The average molecular weight is 344 g/mol. The molecular weight excluding hydrogens is 328 g/mol. The zero-order valence-corrected chi connectivity index (χ0v) is 13.7. The van der Waals surface area contributed by atoms with Gasteiger partial charge in [0.05, 0.1) is 7.11 Å². The molecule has 0 aliphatic heterocycles. The highest BCUT2D eigenvalue weighted by atomic mass is 79.9. The van der Waals surface area contributed by atoms with E-state index in [2.05, 4.69) is 15.9 Å². The molecule has 0 saturated heterocycles. The van der Waals surface area contributed by atoms with E-state index in [4.69, 9.17) is 20.8 Å². The number of hydrogen-bond donors (Lipinski definition) is 0. The van der Waals surface area contributed by atoms with Crippen LogP contribution in [0.15, 0.2) is 27.1 Å². The zero-order valence-electron chi connectivity index (χ0n) is 11.4. The summed E-state index contributed by atoms with van der Waals surface area (Å²) in [6.45, 7) is 5.93. The van der Waals surface area contributed by atoms with Crippen LogP contribution in [0.4, 0.5) is 0 Å². The van der Waals surface area contributed by atoms with E-state index < -0.39 is 0 Å². The van der Waals surface area contributed by atoms with Gasteiger partial charge in [0.1, 0.15) is 22.6 Å². The molecule has 1 atom stereocenters. The van der Waals surface area contributed by atoms with Crippen molar-refractivity contribution in [1.82, 2.24) is 0 Å². The van der Waals surface area contributed by atoms with Crippen molar-refractivity contribution in [3.63, 3.8) is 0 Å². The van der Waals surface area contributed by atoms with Gasteiger partial charge in [-0.05, 0) is 50.1 Å². The van der Waals surface area contributed by atoms with Crippen molar-refractivity contribution in [3.05, 3.63) is 50.9 Å². The number of methoxy groups -OCH3 is 1. The molecule has 0 spiro atoms. The fraction of sp³-hybridized carbons (Fsp3) is 0.333. The summed E-state index contributed by atoms with van der Waals surface area (Å²) in [5.41, 5.74) is 3.06. The first kappa shape index (κ1) is 14.5. The molecule has 2 nitrogen and oxygen atoms in total. The molecule has 19 heavy (non-hydrogen) atoms. The lowest BCUT2D eigenvalue weighted by Crippen LogP contribution is -2.02. The lowest BCUT2D eigenvalue weighted by Gasteiger charge is -2.18. The third-order valence-electron chi connectivity index (χ3n) is 3.18. The van der Waals surface area contributed by atoms with Crippen LogP contribution in [0.25, 0.3) is 0 Å². The molecule has 0 fully saturated rings. The quantitative estimate of drug-likeness (QED) is 0.705. The first-order valence-corrected chi connectivity index (χ1v) is 7.22. The van der Waals surface area contributed by atoms with Crippen molar-refractivity contribution in [3.8, 4) is 5.75 Å². The van der Waals surface area contributed by atoms with Gasteiger partial charge < -0.3 is 9.15 Å². The first-order chi connectivity index (χ1) is 8.95. The molecule has 0 saturated carbocycles. The Bertz CT molecular complexity index is 604. The fourth-order valence-corrected chi connectivity index (χ4v) is 3.12. The molecule has 2 aromatic rings. The Morgan fingerprint density at radius 3 is 2.47 bits per heavy atom. The molecule has 0 N–H and O–H groups in total. The van der Waals surface area contributed by atoms with Crippen LogP contribution in [0.1, 0.15) is 33.6 Å². The predicted octanol–water partition coefficient (Wildman–Crippen LogP) is 5.30. The number of ether oxygens (including phenoxy) is 1. The Morgan fingerprint density at radius 2 is 1.95 bits per heavy atom. The summed E-state index contributed by atoms with van der Waals surface area (Å²) in [4.78, 5) is 0. The Hall–Kier alpha value is -0.930. The molecule has 0 radical (unpaired) electrons. The van der Waals surface area contributed by atoms with E-state index in [9.17, 15) is 0 Å². The van der Waals surface area contributed by atoms with Crippen molar-refractivity contribution in [2.24, 2.45) is 0 Å². The summed E-state index contributed by atoms with van der Waals surface area (Å²) < 4.78 is 12.2. The van der Waals surface area contributed by atoms with Crippen LogP contribution in [0.2, 0.25) is 0 Å². The smallest absolute Gasteiger partial charge is 0.127 e. The summed E-state index contributed by atoms with van der Waals surface area (Å²) >= 11 is 10.1. The van der Waals surface area contributed by atoms with Crippen molar-refractivity contribution < 1.29 is 9.15 Å². The molecule has 102 valence electrons. The maximum absolute atomic E-state index is 6.58. The summed E-state index contributed by atoms with van der Waals surface area (Å²) in [5, 5.41) is -0.361. The number of alkyl halides is 1. The van der Waals surface area contributed by atoms with Gasteiger partial charge in [0.2, 0.25) is 0 Å². The second-order valence-electron chi connectivity index (χ2n) is 4.56. The molecular formula is C15H16BrClO2. The SMILES string of the molecule is COc1c(C)cc(Br)c(C)c1C(Cl)c1ccc(C)o1. The zero-order chi connectivity index (χ0) is 14.2. The minimum Gasteiger partial charge on any atom is -0.496 e. The molecule has 1 unspecified atom stereocenters. The Morgan fingerprint density at radius 1 is 1.26 bits per heavy atom. The van der Waals surface area contributed by atoms with Gasteiger partial charge >= 0.3 is 0 Å². The fourth-order valence-electron chi connectivity index (χ4n) is 2.18. The Labute approximate surface area is 126 Å². The highest BCUT2D eigenvalue weighted by molar-refractivity contribution is 9.10. The largest absolute Gasteiger partial charge is 0.496 e. The number of rotatable bonds is 3. The summed E-state index contributed by atoms with van der Waals surface area (Å²) in [6.07, 6.45) is 0. The van der Waals surface area contributed by atoms with Gasteiger partial charge in [-0.15, -0.1) is 11.6 Å². The minimum absolute atomic E-state index is 0.361. The van der Waals surface area contributed by atoms with Crippen LogP contribution in [0.5, 0.6) is 5.75 Å². The molecule has 0 aliphatic carbocycles. The van der Waals surface area contributed by atoms with Gasteiger partial charge in [-0.2, -0.15) is 0 Å². The van der Waals surface area contributed by atoms with E-state index in [0.29, 0.717) is 0 Å². The molecule has 0 amide bonds. The standard InChI is InChI=1S/C15H16BrClO2/c1-8-7-11(16)10(3)13(15(8)18-4)14(17)12-6-5-9(2)19-12/h5-7,14H,1-4H3. The molecule has 0 aliphatic rings. The van der Waals surface area contributed by atoms with Crippen LogP contribution >= 0.6 is 27.5 Å². The van der Waals surface area contributed by atoms with Crippen LogP contribution in [-0.4, -0.2) is 7.11 Å². The molecule has 1 aromatic carbocycles. The highest BCUT2D eigenvalue weighted by Crippen LogP contribution is 2.42. The highest BCUT2D eigenvalue weighted by Gasteiger charge is 2.23. The average Bonchev–Trinajstić information content (AvgIpc) is 2.79. The van der Waals surface area contributed by atoms with Gasteiger partial charge in [-0.1, -0.05) is 15.9 Å². The van der Waals surface area contributed by atoms with E-state index >= 15 is 0 Å². The van der Waals surface area contributed by atoms with Crippen molar-refractivity contribution in [2.75, 3.05) is 7.11 Å². The summed E-state index contributed by atoms with van der Waals surface area (Å²) in [5.74, 6) is 2.40. The van der Waals surface area contributed by atoms with Crippen LogP contribution < -0.4 is 4.74 Å². The molecule has 4 heteroatoms. The number of furan rings is 1. The van der Waals surface area contributed by atoms with Gasteiger partial charge in [0.25, 0.3) is 0 Å². The number of benzene rings is 1. The van der Waals surface area contributed by atoms with Crippen molar-refractivity contribution in [1.29, 1.82) is 0 Å². The summed E-state index contributed by atoms with van der Waals surface area (Å²) in [6, 6.07) is 5.86.